The number of nitrogens with one attached hydrogen (secondary N) is 1. The molecule has 0 saturated carbocycles. The molecule has 8 heteroatoms. The van der Waals surface area contributed by atoms with Gasteiger partial charge in [0.1, 0.15) is 11.6 Å². The van der Waals surface area contributed by atoms with Crippen LogP contribution in [0.25, 0.3) is 0 Å². The normalized spacial score (nSPS) is 10.6. The van der Waals surface area contributed by atoms with Crippen LogP contribution in [0.5, 0.6) is 5.75 Å². The van der Waals surface area contributed by atoms with Gasteiger partial charge in [-0.3, -0.25) is 4.79 Å². The van der Waals surface area contributed by atoms with Gasteiger partial charge in [-0.05, 0) is 46.1 Å². The van der Waals surface area contributed by atoms with Crippen LogP contribution in [0.1, 0.15) is 24.2 Å². The Kier molecular flexibility index (Phi) is 7.29. The van der Waals surface area contributed by atoms with E-state index >= 15 is 0 Å². The number of carbonyl (C=O) groups is 2. The van der Waals surface area contributed by atoms with Gasteiger partial charge >= 0.3 is 5.97 Å². The molecule has 2 aromatic rings. The molecule has 1 amide bonds. The molecule has 0 aliphatic carbocycles. The first-order valence-corrected chi connectivity index (χ1v) is 8.90. The summed E-state index contributed by atoms with van der Waals surface area (Å²) in [5.41, 5.74) is -0.0141. The molecule has 0 heterocycles. The van der Waals surface area contributed by atoms with E-state index in [1.165, 1.54) is 12.1 Å². The van der Waals surface area contributed by atoms with Crippen LogP contribution < -0.4 is 10.1 Å². The highest BCUT2D eigenvalue weighted by Gasteiger charge is 2.15. The van der Waals surface area contributed by atoms with Gasteiger partial charge < -0.3 is 14.8 Å². The van der Waals surface area contributed by atoms with Crippen molar-refractivity contribution in [1.29, 1.82) is 0 Å². The molecule has 0 aliphatic heterocycles. The van der Waals surface area contributed by atoms with Crippen LogP contribution in [-0.2, 0) is 9.53 Å². The first-order valence-electron chi connectivity index (χ1n) is 8.10. The first-order chi connectivity index (χ1) is 12.8. The average molecular weight is 442 g/mol. The number of anilines is 1. The van der Waals surface area contributed by atoms with Crippen LogP contribution in [0, 0.1) is 17.6 Å². The van der Waals surface area contributed by atoms with Crippen LogP contribution in [-0.4, -0.2) is 25.1 Å². The molecule has 0 radical (unpaired) electrons. The molecule has 2 rings (SSSR count). The quantitative estimate of drug-likeness (QED) is 0.639. The summed E-state index contributed by atoms with van der Waals surface area (Å²) in [5.74, 6) is -2.38. The van der Waals surface area contributed by atoms with Crippen molar-refractivity contribution in [2.45, 2.75) is 13.8 Å². The van der Waals surface area contributed by atoms with Gasteiger partial charge in [-0.1, -0.05) is 19.9 Å². The van der Waals surface area contributed by atoms with E-state index in [4.69, 9.17) is 9.47 Å². The minimum absolute atomic E-state index is 0.0367. The molecule has 0 spiro atoms. The number of ether oxygens (including phenoxy) is 2. The molecule has 0 atom stereocenters. The maximum Gasteiger partial charge on any atom is 0.338 e. The second-order valence-corrected chi connectivity index (χ2v) is 6.96. The summed E-state index contributed by atoms with van der Waals surface area (Å²) in [6, 6.07) is 8.03. The lowest BCUT2D eigenvalue weighted by Crippen LogP contribution is -2.21. The highest BCUT2D eigenvalue weighted by atomic mass is 79.9. The minimum atomic E-state index is -0.948. The van der Waals surface area contributed by atoms with E-state index < -0.39 is 30.1 Å². The Hall–Kier alpha value is -2.48. The largest absolute Gasteiger partial charge is 0.493 e. The van der Waals surface area contributed by atoms with Gasteiger partial charge in [0.15, 0.2) is 12.4 Å². The number of benzene rings is 2. The molecule has 0 fully saturated rings. The van der Waals surface area contributed by atoms with Gasteiger partial charge in [0.2, 0.25) is 0 Å². The second-order valence-electron chi connectivity index (χ2n) is 6.10. The van der Waals surface area contributed by atoms with Gasteiger partial charge in [0, 0.05) is 10.5 Å². The second kappa shape index (κ2) is 9.45. The lowest BCUT2D eigenvalue weighted by molar-refractivity contribution is -0.119. The SMILES string of the molecule is CC(C)COc1cccc(C(=O)OCC(=O)Nc2c(F)cc(F)cc2Br)c1. The standard InChI is InChI=1S/C19H18BrF2NO4/c1-11(2)9-26-14-5-3-4-12(6-14)19(25)27-10-17(24)23-18-15(20)7-13(21)8-16(18)22/h3-8,11H,9-10H2,1-2H3,(H,23,24). The van der Waals surface area contributed by atoms with E-state index in [1.807, 2.05) is 13.8 Å². The molecule has 27 heavy (non-hydrogen) atoms. The van der Waals surface area contributed by atoms with Gasteiger partial charge in [-0.25, -0.2) is 13.6 Å². The maximum absolute atomic E-state index is 13.7. The Bertz CT molecular complexity index is 819. The van der Waals surface area contributed by atoms with Gasteiger partial charge in [0.25, 0.3) is 5.91 Å². The molecule has 0 saturated heterocycles. The zero-order valence-corrected chi connectivity index (χ0v) is 16.3. The number of rotatable bonds is 7. The predicted octanol–water partition coefficient (Wildman–Crippen LogP) is 4.56. The molecule has 1 N–H and O–H groups in total. The van der Waals surface area contributed by atoms with E-state index in [2.05, 4.69) is 21.2 Å². The van der Waals surface area contributed by atoms with E-state index in [-0.39, 0.29) is 15.7 Å². The summed E-state index contributed by atoms with van der Waals surface area (Å²) >= 11 is 2.96. The van der Waals surface area contributed by atoms with Crippen molar-refractivity contribution in [2.24, 2.45) is 5.92 Å². The molecule has 144 valence electrons. The average Bonchev–Trinajstić information content (AvgIpc) is 2.61. The smallest absolute Gasteiger partial charge is 0.338 e. The van der Waals surface area contributed by atoms with E-state index in [0.717, 1.165) is 6.07 Å². The van der Waals surface area contributed by atoms with Crippen molar-refractivity contribution >= 4 is 33.5 Å². The summed E-state index contributed by atoms with van der Waals surface area (Å²) in [6.45, 7) is 3.87. The summed E-state index contributed by atoms with van der Waals surface area (Å²) in [6.07, 6.45) is 0. The molecular weight excluding hydrogens is 424 g/mol. The number of hydrogen-bond acceptors (Lipinski definition) is 4. The Morgan fingerprint density at radius 2 is 1.93 bits per heavy atom. The fourth-order valence-corrected chi connectivity index (χ4v) is 2.53. The number of amides is 1. The maximum atomic E-state index is 13.7. The third-order valence-electron chi connectivity index (χ3n) is 3.26. The number of esters is 1. The van der Waals surface area contributed by atoms with Crippen molar-refractivity contribution in [2.75, 3.05) is 18.5 Å². The summed E-state index contributed by atoms with van der Waals surface area (Å²) in [7, 11) is 0. The third kappa shape index (κ3) is 6.32. The Balaban J connectivity index is 1.93. The van der Waals surface area contributed by atoms with Crippen LogP contribution in [0.3, 0.4) is 0 Å². The van der Waals surface area contributed by atoms with Gasteiger partial charge in [-0.2, -0.15) is 0 Å². The van der Waals surface area contributed by atoms with Crippen LogP contribution in [0.15, 0.2) is 40.9 Å². The predicted molar refractivity (Wildman–Crippen MR) is 99.7 cm³/mol. The van der Waals surface area contributed by atoms with Crippen molar-refractivity contribution in [3.05, 3.63) is 58.1 Å². The van der Waals surface area contributed by atoms with Gasteiger partial charge in [-0.15, -0.1) is 0 Å². The molecular formula is C19H18BrF2NO4. The number of carbonyl (C=O) groups excluding carboxylic acids is 2. The Morgan fingerprint density at radius 1 is 1.19 bits per heavy atom. The highest BCUT2D eigenvalue weighted by Crippen LogP contribution is 2.26. The lowest BCUT2D eigenvalue weighted by atomic mass is 10.2. The molecule has 0 aliphatic rings. The number of halogens is 3. The fourth-order valence-electron chi connectivity index (χ4n) is 2.03. The van der Waals surface area contributed by atoms with E-state index in [1.54, 1.807) is 12.1 Å². The summed E-state index contributed by atoms with van der Waals surface area (Å²) in [4.78, 5) is 24.0. The monoisotopic (exact) mass is 441 g/mol. The third-order valence-corrected chi connectivity index (χ3v) is 3.88. The summed E-state index contributed by atoms with van der Waals surface area (Å²) < 4.78 is 37.3. The highest BCUT2D eigenvalue weighted by molar-refractivity contribution is 9.10. The molecule has 5 nitrogen and oxygen atoms in total. The van der Waals surface area contributed by atoms with Crippen LogP contribution >= 0.6 is 15.9 Å². The van der Waals surface area contributed by atoms with E-state index in [9.17, 15) is 18.4 Å². The van der Waals surface area contributed by atoms with Crippen molar-refractivity contribution in [3.63, 3.8) is 0 Å². The Morgan fingerprint density at radius 3 is 2.59 bits per heavy atom. The fraction of sp³-hybridized carbons (Fsp3) is 0.263. The molecule has 0 unspecified atom stereocenters. The number of hydrogen-bond donors (Lipinski definition) is 1. The molecule has 0 aromatic heterocycles. The zero-order valence-electron chi connectivity index (χ0n) is 14.7. The van der Waals surface area contributed by atoms with Crippen molar-refractivity contribution < 1.29 is 27.8 Å². The molecule has 0 bridgehead atoms. The van der Waals surface area contributed by atoms with Crippen molar-refractivity contribution in [3.8, 4) is 5.75 Å². The summed E-state index contributed by atoms with van der Waals surface area (Å²) in [5, 5.41) is 2.23. The zero-order chi connectivity index (χ0) is 20.0. The van der Waals surface area contributed by atoms with E-state index in [0.29, 0.717) is 24.3 Å². The lowest BCUT2D eigenvalue weighted by Gasteiger charge is -2.11. The first kappa shape index (κ1) is 20.8. The molecule has 2 aromatic carbocycles. The topological polar surface area (TPSA) is 64.6 Å². The Labute approximate surface area is 163 Å². The van der Waals surface area contributed by atoms with Gasteiger partial charge in [0.05, 0.1) is 17.9 Å². The minimum Gasteiger partial charge on any atom is -0.493 e. The van der Waals surface area contributed by atoms with Crippen LogP contribution in [0.2, 0.25) is 0 Å². The van der Waals surface area contributed by atoms with Crippen molar-refractivity contribution in [1.82, 2.24) is 0 Å². The van der Waals surface area contributed by atoms with Crippen LogP contribution in [0.4, 0.5) is 14.5 Å².